The third kappa shape index (κ3) is 3.93. The molecule has 5 heteroatoms. The van der Waals surface area contributed by atoms with Crippen molar-refractivity contribution in [2.75, 3.05) is 18.5 Å². The van der Waals surface area contributed by atoms with Crippen molar-refractivity contribution in [1.82, 2.24) is 9.97 Å². The number of hydrogen-bond donors (Lipinski definition) is 1. The van der Waals surface area contributed by atoms with Crippen molar-refractivity contribution in [3.8, 4) is 0 Å². The van der Waals surface area contributed by atoms with Crippen molar-refractivity contribution < 1.29 is 9.13 Å². The molecule has 0 aromatic carbocycles. The Kier molecular flexibility index (Phi) is 4.81. The van der Waals surface area contributed by atoms with Crippen LogP contribution in [0.4, 0.5) is 10.2 Å². The molecule has 0 unspecified atom stereocenters. The summed E-state index contributed by atoms with van der Waals surface area (Å²) in [5.41, 5.74) is 0.0788. The zero-order chi connectivity index (χ0) is 12.9. The number of rotatable bonds is 6. The van der Waals surface area contributed by atoms with Crippen LogP contribution in [0.25, 0.3) is 0 Å². The maximum absolute atomic E-state index is 13.8. The summed E-state index contributed by atoms with van der Waals surface area (Å²) in [6.45, 7) is 8.81. The highest BCUT2D eigenvalue weighted by Crippen LogP contribution is 2.15. The van der Waals surface area contributed by atoms with E-state index in [1.54, 1.807) is 0 Å². The average molecular weight is 241 g/mol. The van der Waals surface area contributed by atoms with Gasteiger partial charge in [0, 0.05) is 13.2 Å². The fourth-order valence-electron chi connectivity index (χ4n) is 1.51. The van der Waals surface area contributed by atoms with Crippen LogP contribution in [0.2, 0.25) is 0 Å². The molecule has 0 aliphatic carbocycles. The lowest BCUT2D eigenvalue weighted by Gasteiger charge is -2.25. The van der Waals surface area contributed by atoms with Gasteiger partial charge in [0.25, 0.3) is 0 Å². The van der Waals surface area contributed by atoms with E-state index in [-0.39, 0.29) is 17.2 Å². The van der Waals surface area contributed by atoms with Gasteiger partial charge in [-0.2, -0.15) is 0 Å². The Morgan fingerprint density at radius 2 is 2.06 bits per heavy atom. The highest BCUT2D eigenvalue weighted by Gasteiger charge is 2.19. The molecule has 0 saturated carbocycles. The minimum Gasteiger partial charge on any atom is -0.374 e. The first-order valence-electron chi connectivity index (χ1n) is 5.87. The molecule has 0 amide bonds. The van der Waals surface area contributed by atoms with Gasteiger partial charge in [-0.1, -0.05) is 6.92 Å². The van der Waals surface area contributed by atoms with Crippen molar-refractivity contribution in [3.63, 3.8) is 0 Å². The van der Waals surface area contributed by atoms with Gasteiger partial charge >= 0.3 is 0 Å². The zero-order valence-electron chi connectivity index (χ0n) is 10.9. The largest absolute Gasteiger partial charge is 0.374 e. The van der Waals surface area contributed by atoms with Crippen molar-refractivity contribution in [3.05, 3.63) is 17.8 Å². The summed E-state index contributed by atoms with van der Waals surface area (Å²) in [6, 6.07) is 0. The molecule has 0 aliphatic rings. The molecule has 1 rings (SSSR count). The van der Waals surface area contributed by atoms with Gasteiger partial charge in [-0.25, -0.2) is 14.4 Å². The van der Waals surface area contributed by atoms with E-state index >= 15 is 0 Å². The highest BCUT2D eigenvalue weighted by molar-refractivity contribution is 5.37. The summed E-state index contributed by atoms with van der Waals surface area (Å²) in [6.07, 6.45) is 1.93. The molecule has 0 bridgehead atoms. The molecule has 0 radical (unpaired) electrons. The van der Waals surface area contributed by atoms with Crippen molar-refractivity contribution in [2.45, 2.75) is 39.7 Å². The molecule has 0 saturated heterocycles. The molecule has 0 fully saturated rings. The molecule has 17 heavy (non-hydrogen) atoms. The highest BCUT2D eigenvalue weighted by atomic mass is 19.1. The third-order valence-electron chi connectivity index (χ3n) is 2.41. The maximum atomic E-state index is 13.8. The number of nitrogens with one attached hydrogen (secondary N) is 1. The van der Waals surface area contributed by atoms with Gasteiger partial charge in [-0.05, 0) is 27.2 Å². The summed E-state index contributed by atoms with van der Waals surface area (Å²) < 4.78 is 19.3. The van der Waals surface area contributed by atoms with Crippen LogP contribution in [-0.2, 0) is 11.2 Å². The quantitative estimate of drug-likeness (QED) is 0.830. The van der Waals surface area contributed by atoms with Crippen LogP contribution in [-0.4, -0.2) is 28.7 Å². The lowest BCUT2D eigenvalue weighted by molar-refractivity contribution is 0.000597. The Hall–Kier alpha value is -1.23. The van der Waals surface area contributed by atoms with Crippen molar-refractivity contribution in [2.24, 2.45) is 0 Å². The van der Waals surface area contributed by atoms with Crippen LogP contribution in [0.15, 0.2) is 6.33 Å². The first kappa shape index (κ1) is 13.8. The van der Waals surface area contributed by atoms with Gasteiger partial charge in [0.1, 0.15) is 6.33 Å². The van der Waals surface area contributed by atoms with E-state index in [0.717, 1.165) is 0 Å². The Bertz CT molecular complexity index is 369. The summed E-state index contributed by atoms with van der Waals surface area (Å²) in [4.78, 5) is 7.78. The van der Waals surface area contributed by atoms with Gasteiger partial charge in [0.2, 0.25) is 0 Å². The monoisotopic (exact) mass is 241 g/mol. The second kappa shape index (κ2) is 5.91. The Morgan fingerprint density at radius 1 is 1.35 bits per heavy atom. The molecule has 96 valence electrons. The smallest absolute Gasteiger partial charge is 0.186 e. The number of halogens is 1. The summed E-state index contributed by atoms with van der Waals surface area (Å²) in [5.74, 6) is -0.132. The molecular weight excluding hydrogens is 221 g/mol. The summed E-state index contributed by atoms with van der Waals surface area (Å²) in [5, 5.41) is 2.96. The molecular formula is C12H20FN3O. The number of anilines is 1. The molecule has 1 heterocycles. The van der Waals surface area contributed by atoms with Crippen molar-refractivity contribution in [1.29, 1.82) is 0 Å². The fraction of sp³-hybridized carbons (Fsp3) is 0.667. The van der Waals surface area contributed by atoms with Crippen LogP contribution < -0.4 is 5.32 Å². The van der Waals surface area contributed by atoms with Crippen LogP contribution in [0, 0.1) is 5.82 Å². The first-order chi connectivity index (χ1) is 8.00. The lowest BCUT2D eigenvalue weighted by Crippen LogP contribution is -2.33. The van der Waals surface area contributed by atoms with Crippen LogP contribution in [0.3, 0.4) is 0 Å². The Balaban J connectivity index is 2.69. The number of aromatic nitrogens is 2. The molecule has 0 aliphatic heterocycles. The lowest BCUT2D eigenvalue weighted by atomic mass is 10.1. The topological polar surface area (TPSA) is 47.0 Å². The predicted octanol–water partition coefficient (Wildman–Crippen LogP) is 2.41. The van der Waals surface area contributed by atoms with E-state index in [1.807, 2.05) is 27.7 Å². The van der Waals surface area contributed by atoms with Gasteiger partial charge in [-0.15, -0.1) is 0 Å². The Labute approximate surface area is 102 Å². The van der Waals surface area contributed by atoms with E-state index < -0.39 is 0 Å². The molecule has 4 nitrogen and oxygen atoms in total. The van der Waals surface area contributed by atoms with Crippen molar-refractivity contribution >= 4 is 5.82 Å². The van der Waals surface area contributed by atoms with E-state index in [9.17, 15) is 4.39 Å². The van der Waals surface area contributed by atoms with Gasteiger partial charge in [0.05, 0.1) is 11.3 Å². The van der Waals surface area contributed by atoms with Gasteiger partial charge < -0.3 is 10.1 Å². The summed E-state index contributed by atoms with van der Waals surface area (Å²) >= 11 is 0. The fourth-order valence-corrected chi connectivity index (χ4v) is 1.51. The Morgan fingerprint density at radius 3 is 2.65 bits per heavy atom. The second-order valence-corrected chi connectivity index (χ2v) is 4.38. The molecule has 1 N–H and O–H groups in total. The number of aryl methyl sites for hydroxylation is 1. The van der Waals surface area contributed by atoms with E-state index in [4.69, 9.17) is 4.74 Å². The number of nitrogens with zero attached hydrogens (tertiary/aromatic N) is 2. The first-order valence-corrected chi connectivity index (χ1v) is 5.87. The van der Waals surface area contributed by atoms with E-state index in [1.165, 1.54) is 6.33 Å². The molecule has 0 spiro atoms. The van der Waals surface area contributed by atoms with E-state index in [0.29, 0.717) is 25.3 Å². The zero-order valence-corrected chi connectivity index (χ0v) is 10.9. The summed E-state index contributed by atoms with van der Waals surface area (Å²) in [7, 11) is 0. The standard InChI is InChI=1S/C12H20FN3O/c1-5-9-10(13)11(16-8-15-9)14-7-12(3,4)17-6-2/h8H,5-7H2,1-4H3,(H,14,15,16). The minimum atomic E-state index is -0.373. The average Bonchev–Trinajstić information content (AvgIpc) is 2.28. The normalized spacial score (nSPS) is 11.6. The van der Waals surface area contributed by atoms with E-state index in [2.05, 4.69) is 15.3 Å². The van der Waals surface area contributed by atoms with Crippen LogP contribution in [0.1, 0.15) is 33.4 Å². The van der Waals surface area contributed by atoms with Crippen LogP contribution >= 0.6 is 0 Å². The molecule has 1 aromatic rings. The van der Waals surface area contributed by atoms with Crippen LogP contribution in [0.5, 0.6) is 0 Å². The van der Waals surface area contributed by atoms with Gasteiger partial charge in [0.15, 0.2) is 11.6 Å². The maximum Gasteiger partial charge on any atom is 0.186 e. The molecule has 0 atom stereocenters. The second-order valence-electron chi connectivity index (χ2n) is 4.38. The minimum absolute atomic E-state index is 0.240. The SMILES string of the molecule is CCOC(C)(C)CNc1ncnc(CC)c1F. The third-order valence-corrected chi connectivity index (χ3v) is 2.41. The predicted molar refractivity (Wildman–Crippen MR) is 65.6 cm³/mol. The number of hydrogen-bond acceptors (Lipinski definition) is 4. The number of ether oxygens (including phenoxy) is 1. The van der Waals surface area contributed by atoms with Gasteiger partial charge in [-0.3, -0.25) is 0 Å². The molecule has 1 aromatic heterocycles.